The molecule has 1 heterocycles. The van der Waals surface area contributed by atoms with Crippen LogP contribution in [0.25, 0.3) is 5.57 Å². The summed E-state index contributed by atoms with van der Waals surface area (Å²) in [5.41, 5.74) is 2.12. The van der Waals surface area contributed by atoms with Gasteiger partial charge in [0.25, 0.3) is 0 Å². The Morgan fingerprint density at radius 2 is 1.80 bits per heavy atom. The number of benzene rings is 1. The van der Waals surface area contributed by atoms with Crippen LogP contribution in [0.5, 0.6) is 0 Å². The summed E-state index contributed by atoms with van der Waals surface area (Å²) in [6, 6.07) is 6.39. The molecule has 1 aliphatic carbocycles. The molecule has 6 heteroatoms. The Hall–Kier alpha value is -2.37. The minimum absolute atomic E-state index is 0.0607. The van der Waals surface area contributed by atoms with Crippen molar-refractivity contribution in [3.63, 3.8) is 0 Å². The summed E-state index contributed by atoms with van der Waals surface area (Å²) >= 11 is 0. The van der Waals surface area contributed by atoms with E-state index in [1.54, 1.807) is 17.0 Å². The van der Waals surface area contributed by atoms with Crippen molar-refractivity contribution in [2.75, 3.05) is 13.1 Å². The monoisotopic (exact) mass is 346 g/mol. The average Bonchev–Trinajstić information content (AvgIpc) is 2.63. The molecular weight excluding hydrogens is 323 g/mol. The summed E-state index contributed by atoms with van der Waals surface area (Å²) in [6.07, 6.45) is 5.42. The van der Waals surface area contributed by atoms with Crippen molar-refractivity contribution in [1.29, 1.82) is 0 Å². The molecule has 0 atom stereocenters. The predicted octanol–water partition coefficient (Wildman–Crippen LogP) is 3.27. The summed E-state index contributed by atoms with van der Waals surface area (Å²) < 4.78 is 13.0. The molecule has 134 valence electrons. The van der Waals surface area contributed by atoms with Crippen molar-refractivity contribution in [3.8, 4) is 0 Å². The van der Waals surface area contributed by atoms with E-state index in [1.807, 2.05) is 6.08 Å². The van der Waals surface area contributed by atoms with E-state index in [9.17, 15) is 14.0 Å². The van der Waals surface area contributed by atoms with Gasteiger partial charge < -0.3 is 15.3 Å². The zero-order valence-corrected chi connectivity index (χ0v) is 14.1. The van der Waals surface area contributed by atoms with Gasteiger partial charge in [-0.05, 0) is 55.4 Å². The van der Waals surface area contributed by atoms with Gasteiger partial charge in [-0.15, -0.1) is 0 Å². The lowest BCUT2D eigenvalue weighted by Gasteiger charge is -2.31. The topological polar surface area (TPSA) is 69.6 Å². The number of rotatable bonds is 3. The molecular formula is C19H23FN2O3. The second kappa shape index (κ2) is 7.68. The number of carboxylic acid groups (broad SMARTS) is 1. The molecule has 1 fully saturated rings. The fourth-order valence-electron chi connectivity index (χ4n) is 3.53. The second-order valence-corrected chi connectivity index (χ2v) is 6.77. The van der Waals surface area contributed by atoms with Crippen molar-refractivity contribution < 1.29 is 19.1 Å². The van der Waals surface area contributed by atoms with Crippen LogP contribution in [0.4, 0.5) is 9.18 Å². The number of carboxylic acids is 1. The lowest BCUT2D eigenvalue weighted by Crippen LogP contribution is -2.47. The molecule has 3 rings (SSSR count). The molecule has 0 saturated heterocycles. The normalized spacial score (nSPS) is 23.7. The average molecular weight is 346 g/mol. The maximum absolute atomic E-state index is 13.0. The number of urea groups is 1. The standard InChI is InChI=1S/C19H23FN2O3/c20-16-5-1-13(2-6-16)14-9-11-22(12-10-14)19(25)21-17-7-3-15(4-8-17)18(23)24/h1-2,5-6,9,15,17H,3-4,7-8,10-12H2,(H,21,25)(H,23,24). The SMILES string of the molecule is O=C(O)C1CCC(NC(=O)N2CC=C(c3ccc(F)cc3)CC2)CC1. The van der Waals surface area contributed by atoms with E-state index in [4.69, 9.17) is 5.11 Å². The first-order valence-corrected chi connectivity index (χ1v) is 8.76. The first-order valence-electron chi connectivity index (χ1n) is 8.76. The van der Waals surface area contributed by atoms with E-state index in [0.717, 1.165) is 17.6 Å². The molecule has 0 bridgehead atoms. The number of hydrogen-bond acceptors (Lipinski definition) is 2. The van der Waals surface area contributed by atoms with Gasteiger partial charge in [-0.2, -0.15) is 0 Å². The number of carbonyl (C=O) groups is 2. The van der Waals surface area contributed by atoms with Crippen molar-refractivity contribution in [2.24, 2.45) is 5.92 Å². The Morgan fingerprint density at radius 3 is 2.36 bits per heavy atom. The predicted molar refractivity (Wildman–Crippen MR) is 92.5 cm³/mol. The van der Waals surface area contributed by atoms with Gasteiger partial charge in [0.05, 0.1) is 5.92 Å². The van der Waals surface area contributed by atoms with Crippen molar-refractivity contribution in [3.05, 3.63) is 41.7 Å². The van der Waals surface area contributed by atoms with E-state index < -0.39 is 5.97 Å². The van der Waals surface area contributed by atoms with E-state index in [2.05, 4.69) is 5.32 Å². The van der Waals surface area contributed by atoms with Gasteiger partial charge in [-0.1, -0.05) is 18.2 Å². The third-order valence-corrected chi connectivity index (χ3v) is 5.12. The van der Waals surface area contributed by atoms with Crippen molar-refractivity contribution in [2.45, 2.75) is 38.1 Å². The Kier molecular flexibility index (Phi) is 5.36. The summed E-state index contributed by atoms with van der Waals surface area (Å²) in [5, 5.41) is 12.0. The summed E-state index contributed by atoms with van der Waals surface area (Å²) in [4.78, 5) is 25.1. The zero-order chi connectivity index (χ0) is 17.8. The number of nitrogens with one attached hydrogen (secondary N) is 1. The summed E-state index contributed by atoms with van der Waals surface area (Å²) in [5.74, 6) is -1.26. The lowest BCUT2D eigenvalue weighted by atomic mass is 9.86. The minimum atomic E-state index is -0.737. The molecule has 1 saturated carbocycles. The van der Waals surface area contributed by atoms with Gasteiger partial charge in [0.1, 0.15) is 5.82 Å². The maximum Gasteiger partial charge on any atom is 0.317 e. The molecule has 0 aromatic heterocycles. The van der Waals surface area contributed by atoms with Crippen LogP contribution < -0.4 is 5.32 Å². The number of nitrogens with zero attached hydrogens (tertiary/aromatic N) is 1. The third-order valence-electron chi connectivity index (χ3n) is 5.12. The Bertz CT molecular complexity index is 664. The number of carbonyl (C=O) groups excluding carboxylic acids is 1. The first-order chi connectivity index (χ1) is 12.0. The largest absolute Gasteiger partial charge is 0.481 e. The van der Waals surface area contributed by atoms with Gasteiger partial charge in [0.15, 0.2) is 0 Å². The lowest BCUT2D eigenvalue weighted by molar-refractivity contribution is -0.142. The fraction of sp³-hybridized carbons (Fsp3) is 0.474. The molecule has 2 N–H and O–H groups in total. The molecule has 5 nitrogen and oxygen atoms in total. The molecule has 0 spiro atoms. The van der Waals surface area contributed by atoms with Crippen molar-refractivity contribution >= 4 is 17.6 Å². The highest BCUT2D eigenvalue weighted by Gasteiger charge is 2.28. The highest BCUT2D eigenvalue weighted by Crippen LogP contribution is 2.25. The number of hydrogen-bond donors (Lipinski definition) is 2. The minimum Gasteiger partial charge on any atom is -0.481 e. The van der Waals surface area contributed by atoms with Crippen LogP contribution in [-0.4, -0.2) is 41.1 Å². The molecule has 1 aliphatic heterocycles. The van der Waals surface area contributed by atoms with Gasteiger partial charge in [0, 0.05) is 19.1 Å². The van der Waals surface area contributed by atoms with Gasteiger partial charge >= 0.3 is 12.0 Å². The molecule has 25 heavy (non-hydrogen) atoms. The van der Waals surface area contributed by atoms with Gasteiger partial charge in [0.2, 0.25) is 0 Å². The molecule has 2 aliphatic rings. The van der Waals surface area contributed by atoms with E-state index >= 15 is 0 Å². The Labute approximate surface area is 146 Å². The van der Waals surface area contributed by atoms with Crippen LogP contribution in [0.15, 0.2) is 30.3 Å². The van der Waals surface area contributed by atoms with Crippen LogP contribution in [0.1, 0.15) is 37.7 Å². The van der Waals surface area contributed by atoms with Crippen LogP contribution in [0, 0.1) is 11.7 Å². The van der Waals surface area contributed by atoms with Crippen LogP contribution in [-0.2, 0) is 4.79 Å². The Morgan fingerprint density at radius 1 is 1.12 bits per heavy atom. The van der Waals surface area contributed by atoms with E-state index in [0.29, 0.717) is 38.8 Å². The first kappa shape index (κ1) is 17.5. The molecule has 1 aromatic carbocycles. The summed E-state index contributed by atoms with van der Waals surface area (Å²) in [6.45, 7) is 1.16. The zero-order valence-electron chi connectivity index (χ0n) is 14.1. The maximum atomic E-state index is 13.0. The van der Waals surface area contributed by atoms with Crippen molar-refractivity contribution in [1.82, 2.24) is 10.2 Å². The smallest absolute Gasteiger partial charge is 0.317 e. The molecule has 0 radical (unpaired) electrons. The highest BCUT2D eigenvalue weighted by atomic mass is 19.1. The number of amides is 2. The number of aliphatic carboxylic acids is 1. The summed E-state index contributed by atoms with van der Waals surface area (Å²) in [7, 11) is 0. The third kappa shape index (κ3) is 4.38. The molecule has 1 aromatic rings. The van der Waals surface area contributed by atoms with Crippen LogP contribution in [0.2, 0.25) is 0 Å². The Balaban J connectivity index is 1.50. The highest BCUT2D eigenvalue weighted by molar-refractivity contribution is 5.77. The fourth-order valence-corrected chi connectivity index (χ4v) is 3.53. The van der Waals surface area contributed by atoms with Gasteiger partial charge in [-0.25, -0.2) is 9.18 Å². The quantitative estimate of drug-likeness (QED) is 0.882. The van der Waals surface area contributed by atoms with E-state index in [-0.39, 0.29) is 23.8 Å². The molecule has 0 unspecified atom stereocenters. The second-order valence-electron chi connectivity index (χ2n) is 6.77. The molecule has 2 amide bonds. The number of halogens is 1. The van der Waals surface area contributed by atoms with Crippen LogP contribution in [0.3, 0.4) is 0 Å². The van der Waals surface area contributed by atoms with Gasteiger partial charge in [-0.3, -0.25) is 4.79 Å². The van der Waals surface area contributed by atoms with Crippen LogP contribution >= 0.6 is 0 Å². The van der Waals surface area contributed by atoms with E-state index in [1.165, 1.54) is 12.1 Å².